The first kappa shape index (κ1) is 15.3. The van der Waals surface area contributed by atoms with Crippen LogP contribution in [0.15, 0.2) is 18.2 Å². The summed E-state index contributed by atoms with van der Waals surface area (Å²) in [4.78, 5) is 32.1. The molecule has 102 valence electrons. The van der Waals surface area contributed by atoms with E-state index in [2.05, 4.69) is 15.9 Å². The molecule has 8 heteroatoms. The number of aliphatic hydroxyl groups is 1. The molecule has 19 heavy (non-hydrogen) atoms. The predicted octanol–water partition coefficient (Wildman–Crippen LogP) is 1.22. The van der Waals surface area contributed by atoms with Gasteiger partial charge in [-0.1, -0.05) is 15.9 Å². The van der Waals surface area contributed by atoms with Gasteiger partial charge in [0, 0.05) is 18.6 Å². The highest BCUT2D eigenvalue weighted by Crippen LogP contribution is 2.24. The zero-order chi connectivity index (χ0) is 14.6. The summed E-state index contributed by atoms with van der Waals surface area (Å²) in [6, 6.07) is 3.33. The summed E-state index contributed by atoms with van der Waals surface area (Å²) in [5.74, 6) is -1.76. The van der Waals surface area contributed by atoms with Gasteiger partial charge in [0.15, 0.2) is 6.10 Å². The monoisotopic (exact) mass is 331 g/mol. The minimum absolute atomic E-state index is 0.0209. The molecular formula is C11H10BrNO6. The SMILES string of the molecule is O=C(CBr)Cc1cc([N+](=O)[O-])ccc1C(O)C(=O)O. The van der Waals surface area contributed by atoms with E-state index in [1.807, 2.05) is 0 Å². The third-order valence-corrected chi connectivity index (χ3v) is 3.03. The molecule has 1 aromatic rings. The number of carbonyl (C=O) groups excluding carboxylic acids is 1. The number of nitro benzene ring substituents is 1. The molecule has 2 N–H and O–H groups in total. The molecular weight excluding hydrogens is 322 g/mol. The van der Waals surface area contributed by atoms with E-state index in [1.165, 1.54) is 0 Å². The van der Waals surface area contributed by atoms with Gasteiger partial charge >= 0.3 is 5.97 Å². The standard InChI is InChI=1S/C11H10BrNO6/c12-5-8(14)4-6-3-7(13(18)19)1-2-9(6)10(15)11(16)17/h1-3,10,15H,4-5H2,(H,16,17). The van der Waals surface area contributed by atoms with Gasteiger partial charge in [0.05, 0.1) is 10.3 Å². The van der Waals surface area contributed by atoms with Crippen molar-refractivity contribution in [2.24, 2.45) is 0 Å². The zero-order valence-corrected chi connectivity index (χ0v) is 11.2. The molecule has 0 aliphatic carbocycles. The summed E-state index contributed by atoms with van der Waals surface area (Å²) < 4.78 is 0. The molecule has 0 saturated carbocycles. The number of ketones is 1. The average molecular weight is 332 g/mol. The largest absolute Gasteiger partial charge is 0.479 e. The second kappa shape index (κ2) is 6.39. The average Bonchev–Trinajstić information content (AvgIpc) is 2.37. The van der Waals surface area contributed by atoms with Crippen LogP contribution in [0.2, 0.25) is 0 Å². The number of Topliss-reactive ketones (excluding diaryl/α,β-unsaturated/α-hetero) is 1. The first-order valence-corrected chi connectivity index (χ1v) is 6.24. The van der Waals surface area contributed by atoms with Gasteiger partial charge in [-0.2, -0.15) is 0 Å². The summed E-state index contributed by atoms with van der Waals surface area (Å²) in [7, 11) is 0. The predicted molar refractivity (Wildman–Crippen MR) is 68.2 cm³/mol. The van der Waals surface area contributed by atoms with Crippen molar-refractivity contribution in [3.05, 3.63) is 39.4 Å². The van der Waals surface area contributed by atoms with E-state index in [9.17, 15) is 24.8 Å². The van der Waals surface area contributed by atoms with Crippen LogP contribution in [-0.4, -0.2) is 32.2 Å². The molecule has 1 unspecified atom stereocenters. The van der Waals surface area contributed by atoms with E-state index in [-0.39, 0.29) is 34.3 Å². The van der Waals surface area contributed by atoms with Crippen molar-refractivity contribution in [1.82, 2.24) is 0 Å². The van der Waals surface area contributed by atoms with Crippen molar-refractivity contribution in [3.63, 3.8) is 0 Å². The number of carbonyl (C=O) groups is 2. The van der Waals surface area contributed by atoms with Crippen LogP contribution < -0.4 is 0 Å². The smallest absolute Gasteiger partial charge is 0.337 e. The number of hydrogen-bond donors (Lipinski definition) is 2. The molecule has 0 spiro atoms. The van der Waals surface area contributed by atoms with E-state index in [0.29, 0.717) is 0 Å². The maximum Gasteiger partial charge on any atom is 0.337 e. The highest BCUT2D eigenvalue weighted by atomic mass is 79.9. The summed E-state index contributed by atoms with van der Waals surface area (Å²) in [6.07, 6.45) is -2.01. The maximum atomic E-state index is 11.4. The number of nitrogens with zero attached hydrogens (tertiary/aromatic N) is 1. The Balaban J connectivity index is 3.25. The Morgan fingerprint density at radius 2 is 2.05 bits per heavy atom. The number of nitro groups is 1. The Kier molecular flexibility index (Phi) is 5.13. The first-order chi connectivity index (χ1) is 8.86. The second-order valence-electron chi connectivity index (χ2n) is 3.73. The fourth-order valence-corrected chi connectivity index (χ4v) is 1.72. The van der Waals surface area contributed by atoms with Gasteiger partial charge in [-0.3, -0.25) is 14.9 Å². The highest BCUT2D eigenvalue weighted by molar-refractivity contribution is 9.09. The molecule has 1 aromatic carbocycles. The Morgan fingerprint density at radius 3 is 2.53 bits per heavy atom. The molecule has 0 aliphatic rings. The minimum Gasteiger partial charge on any atom is -0.479 e. The lowest BCUT2D eigenvalue weighted by molar-refractivity contribution is -0.384. The van der Waals surface area contributed by atoms with Gasteiger partial charge in [0.2, 0.25) is 0 Å². The van der Waals surface area contributed by atoms with Gasteiger partial charge in [-0.15, -0.1) is 0 Å². The molecule has 7 nitrogen and oxygen atoms in total. The van der Waals surface area contributed by atoms with Crippen molar-refractivity contribution in [3.8, 4) is 0 Å². The van der Waals surface area contributed by atoms with Crippen LogP contribution in [0.25, 0.3) is 0 Å². The minimum atomic E-state index is -1.82. The van der Waals surface area contributed by atoms with Crippen LogP contribution >= 0.6 is 15.9 Å². The van der Waals surface area contributed by atoms with Gasteiger partial charge in [-0.25, -0.2) is 4.79 Å². The van der Waals surface area contributed by atoms with E-state index < -0.39 is 17.0 Å². The number of carboxylic acid groups (broad SMARTS) is 1. The van der Waals surface area contributed by atoms with E-state index in [0.717, 1.165) is 18.2 Å². The molecule has 0 saturated heterocycles. The first-order valence-electron chi connectivity index (χ1n) is 5.12. The number of aliphatic hydroxyl groups excluding tert-OH is 1. The number of aliphatic carboxylic acids is 1. The Bertz CT molecular complexity index is 530. The summed E-state index contributed by atoms with van der Waals surface area (Å²) in [6.45, 7) is 0. The number of benzene rings is 1. The number of carboxylic acids is 1. The van der Waals surface area contributed by atoms with Gasteiger partial charge in [0.25, 0.3) is 5.69 Å². The molecule has 0 aromatic heterocycles. The molecule has 0 bridgehead atoms. The van der Waals surface area contributed by atoms with Crippen LogP contribution in [0, 0.1) is 10.1 Å². The number of hydrogen-bond acceptors (Lipinski definition) is 5. The Labute approximate surface area is 116 Å². The normalized spacial score (nSPS) is 11.9. The summed E-state index contributed by atoms with van der Waals surface area (Å²) >= 11 is 2.95. The van der Waals surface area contributed by atoms with Crippen LogP contribution in [0.4, 0.5) is 5.69 Å². The van der Waals surface area contributed by atoms with Gasteiger partial charge in [0.1, 0.15) is 5.78 Å². The fraction of sp³-hybridized carbons (Fsp3) is 0.273. The zero-order valence-electron chi connectivity index (χ0n) is 9.58. The number of alkyl halides is 1. The number of non-ortho nitro benzene ring substituents is 1. The third kappa shape index (κ3) is 3.83. The lowest BCUT2D eigenvalue weighted by atomic mass is 9.98. The third-order valence-electron chi connectivity index (χ3n) is 2.40. The van der Waals surface area contributed by atoms with Gasteiger partial charge < -0.3 is 10.2 Å². The second-order valence-corrected chi connectivity index (χ2v) is 4.29. The lowest BCUT2D eigenvalue weighted by Gasteiger charge is -2.11. The molecule has 0 heterocycles. The summed E-state index contributed by atoms with van der Waals surface area (Å²) in [5, 5.41) is 28.9. The van der Waals surface area contributed by atoms with Crippen molar-refractivity contribution < 1.29 is 24.7 Å². The lowest BCUT2D eigenvalue weighted by Crippen LogP contribution is -2.15. The van der Waals surface area contributed by atoms with Gasteiger partial charge in [-0.05, 0) is 17.2 Å². The Hall–Kier alpha value is -1.80. The van der Waals surface area contributed by atoms with Crippen LogP contribution in [0.1, 0.15) is 17.2 Å². The van der Waals surface area contributed by atoms with Crippen molar-refractivity contribution in [2.75, 3.05) is 5.33 Å². The molecule has 0 fully saturated rings. The number of halogens is 1. The molecule has 0 aliphatic heterocycles. The van der Waals surface area contributed by atoms with E-state index in [1.54, 1.807) is 0 Å². The van der Waals surface area contributed by atoms with Crippen LogP contribution in [0.5, 0.6) is 0 Å². The fourth-order valence-electron chi connectivity index (χ4n) is 1.52. The molecule has 0 amide bonds. The van der Waals surface area contributed by atoms with Crippen LogP contribution in [0.3, 0.4) is 0 Å². The molecule has 1 atom stereocenters. The summed E-state index contributed by atoms with van der Waals surface area (Å²) in [5.41, 5.74) is -0.153. The quantitative estimate of drug-likeness (QED) is 0.459. The van der Waals surface area contributed by atoms with E-state index >= 15 is 0 Å². The topological polar surface area (TPSA) is 118 Å². The van der Waals surface area contributed by atoms with E-state index in [4.69, 9.17) is 5.11 Å². The number of rotatable bonds is 6. The molecule has 0 radical (unpaired) electrons. The van der Waals surface area contributed by atoms with Crippen molar-refractivity contribution >= 4 is 33.4 Å². The van der Waals surface area contributed by atoms with Crippen LogP contribution in [-0.2, 0) is 16.0 Å². The Morgan fingerprint density at radius 1 is 1.42 bits per heavy atom. The highest BCUT2D eigenvalue weighted by Gasteiger charge is 2.22. The van der Waals surface area contributed by atoms with Crippen molar-refractivity contribution in [1.29, 1.82) is 0 Å². The van der Waals surface area contributed by atoms with Crippen molar-refractivity contribution in [2.45, 2.75) is 12.5 Å². The maximum absolute atomic E-state index is 11.4. The molecule has 1 rings (SSSR count).